The maximum atomic E-state index is 10.8. The molecule has 0 atom stereocenters. The maximum Gasteiger partial charge on any atom is 0.354 e. The molecule has 0 amide bonds. The number of rotatable bonds is 4. The second-order valence-electron chi connectivity index (χ2n) is 3.80. The molecule has 0 saturated heterocycles. The molecule has 0 radical (unpaired) electrons. The smallest absolute Gasteiger partial charge is 0.354 e. The third kappa shape index (κ3) is 3.62. The first-order chi connectivity index (χ1) is 9.06. The Labute approximate surface area is 119 Å². The van der Waals surface area contributed by atoms with Crippen LogP contribution < -0.4 is 5.73 Å². The van der Waals surface area contributed by atoms with Crippen LogP contribution in [0.5, 0.6) is 0 Å². The number of nitrogens with zero attached hydrogens (tertiary/aromatic N) is 1. The molecule has 0 unspecified atom stereocenters. The molecule has 98 valence electrons. The van der Waals surface area contributed by atoms with Crippen molar-refractivity contribution in [3.8, 4) is 0 Å². The average Bonchev–Trinajstić information content (AvgIpc) is 2.40. The number of pyridine rings is 1. The Balaban J connectivity index is 2.12. The van der Waals surface area contributed by atoms with Gasteiger partial charge in [-0.05, 0) is 30.3 Å². The van der Waals surface area contributed by atoms with Crippen molar-refractivity contribution in [1.82, 2.24) is 4.98 Å². The molecular weight excluding hydrogens is 284 g/mol. The number of nitrogens with two attached hydrogens (primary N) is 1. The molecule has 19 heavy (non-hydrogen) atoms. The van der Waals surface area contributed by atoms with E-state index in [1.54, 1.807) is 30.3 Å². The molecule has 2 aromatic rings. The van der Waals surface area contributed by atoms with Gasteiger partial charge >= 0.3 is 5.97 Å². The zero-order valence-electron chi connectivity index (χ0n) is 9.84. The largest absolute Gasteiger partial charge is 0.477 e. The molecule has 1 aromatic carbocycles. The second kappa shape index (κ2) is 5.95. The van der Waals surface area contributed by atoms with Crippen molar-refractivity contribution in [3.63, 3.8) is 0 Å². The molecule has 0 fully saturated rings. The molecule has 0 aliphatic rings. The fraction of sp³-hybridized carbons (Fsp3) is 0.0769. The van der Waals surface area contributed by atoms with Gasteiger partial charge in [-0.15, -0.1) is 11.8 Å². The van der Waals surface area contributed by atoms with Gasteiger partial charge in [0.05, 0.1) is 10.7 Å². The topological polar surface area (TPSA) is 76.2 Å². The first-order valence-corrected chi connectivity index (χ1v) is 6.79. The summed E-state index contributed by atoms with van der Waals surface area (Å²) >= 11 is 7.52. The quantitative estimate of drug-likeness (QED) is 0.668. The van der Waals surface area contributed by atoms with Crippen LogP contribution in [0.3, 0.4) is 0 Å². The van der Waals surface area contributed by atoms with Crippen LogP contribution in [0.2, 0.25) is 5.02 Å². The van der Waals surface area contributed by atoms with Gasteiger partial charge in [0, 0.05) is 16.3 Å². The maximum absolute atomic E-state index is 10.8. The van der Waals surface area contributed by atoms with Gasteiger partial charge in [0.15, 0.2) is 0 Å². The van der Waals surface area contributed by atoms with Crippen LogP contribution in [0, 0.1) is 0 Å². The molecule has 0 spiro atoms. The summed E-state index contributed by atoms with van der Waals surface area (Å²) in [5.74, 6) is -0.501. The van der Waals surface area contributed by atoms with E-state index in [9.17, 15) is 4.79 Å². The lowest BCUT2D eigenvalue weighted by molar-refractivity contribution is 0.0690. The number of carboxylic acid groups (broad SMARTS) is 1. The summed E-state index contributed by atoms with van der Waals surface area (Å²) < 4.78 is 0. The number of thioether (sulfide) groups is 1. The number of hydrogen-bond donors (Lipinski definition) is 2. The molecule has 4 nitrogen and oxygen atoms in total. The minimum absolute atomic E-state index is 0.0387. The number of nitrogen functional groups attached to an aromatic ring is 1. The van der Waals surface area contributed by atoms with Crippen LogP contribution in [-0.2, 0) is 5.75 Å². The number of anilines is 1. The Hall–Kier alpha value is -1.72. The van der Waals surface area contributed by atoms with Gasteiger partial charge in [-0.1, -0.05) is 17.7 Å². The summed E-state index contributed by atoms with van der Waals surface area (Å²) in [6, 6.07) is 10.2. The van der Waals surface area contributed by atoms with Gasteiger partial charge in [-0.25, -0.2) is 9.78 Å². The van der Waals surface area contributed by atoms with Crippen molar-refractivity contribution in [2.75, 3.05) is 5.73 Å². The predicted octanol–water partition coefficient (Wildman–Crippen LogP) is 3.31. The van der Waals surface area contributed by atoms with Gasteiger partial charge in [0.1, 0.15) is 5.69 Å². The number of halogens is 1. The Morgan fingerprint density at radius 1 is 1.37 bits per heavy atom. The molecule has 0 aliphatic heterocycles. The average molecular weight is 295 g/mol. The van der Waals surface area contributed by atoms with E-state index in [1.807, 2.05) is 0 Å². The number of hydrogen-bond acceptors (Lipinski definition) is 4. The Morgan fingerprint density at radius 2 is 2.16 bits per heavy atom. The highest BCUT2D eigenvalue weighted by atomic mass is 35.5. The van der Waals surface area contributed by atoms with E-state index in [0.717, 1.165) is 4.90 Å². The fourth-order valence-corrected chi connectivity index (χ4v) is 2.63. The molecule has 1 heterocycles. The van der Waals surface area contributed by atoms with E-state index in [2.05, 4.69) is 4.98 Å². The van der Waals surface area contributed by atoms with Crippen LogP contribution in [0.25, 0.3) is 0 Å². The molecule has 0 bridgehead atoms. The standard InChI is InChI=1S/C13H11ClN2O2S/c14-10-5-4-8(15)6-12(10)19-7-9-2-1-3-11(16-9)13(17)18/h1-6H,7,15H2,(H,17,18). The lowest BCUT2D eigenvalue weighted by atomic mass is 10.3. The lowest BCUT2D eigenvalue weighted by Crippen LogP contribution is -2.01. The molecule has 1 aromatic heterocycles. The van der Waals surface area contributed by atoms with Crippen molar-refractivity contribution in [3.05, 3.63) is 52.8 Å². The highest BCUT2D eigenvalue weighted by molar-refractivity contribution is 7.98. The zero-order valence-corrected chi connectivity index (χ0v) is 11.4. The van der Waals surface area contributed by atoms with Crippen molar-refractivity contribution >= 4 is 35.0 Å². The van der Waals surface area contributed by atoms with Crippen molar-refractivity contribution < 1.29 is 9.90 Å². The van der Waals surface area contributed by atoms with E-state index >= 15 is 0 Å². The Kier molecular flexibility index (Phi) is 4.29. The first kappa shape index (κ1) is 13.7. The minimum atomic E-state index is -1.03. The van der Waals surface area contributed by atoms with Crippen LogP contribution in [-0.4, -0.2) is 16.1 Å². The number of carboxylic acids is 1. The van der Waals surface area contributed by atoms with E-state index in [0.29, 0.717) is 22.2 Å². The molecule has 2 rings (SSSR count). The number of aromatic nitrogens is 1. The van der Waals surface area contributed by atoms with Crippen molar-refractivity contribution in [1.29, 1.82) is 0 Å². The van der Waals surface area contributed by atoms with E-state index in [-0.39, 0.29) is 5.69 Å². The third-order valence-electron chi connectivity index (χ3n) is 2.36. The van der Waals surface area contributed by atoms with Crippen LogP contribution in [0.15, 0.2) is 41.3 Å². The van der Waals surface area contributed by atoms with Crippen molar-refractivity contribution in [2.45, 2.75) is 10.6 Å². The van der Waals surface area contributed by atoms with Gasteiger partial charge < -0.3 is 10.8 Å². The molecule has 0 aliphatic carbocycles. The molecule has 3 N–H and O–H groups in total. The van der Waals surface area contributed by atoms with Crippen LogP contribution in [0.1, 0.15) is 16.2 Å². The fourth-order valence-electron chi connectivity index (χ4n) is 1.46. The van der Waals surface area contributed by atoms with E-state index in [1.165, 1.54) is 17.8 Å². The van der Waals surface area contributed by atoms with E-state index in [4.69, 9.17) is 22.4 Å². The lowest BCUT2D eigenvalue weighted by Gasteiger charge is -2.05. The van der Waals surface area contributed by atoms with Gasteiger partial charge in [-0.2, -0.15) is 0 Å². The van der Waals surface area contributed by atoms with Gasteiger partial charge in [-0.3, -0.25) is 0 Å². The van der Waals surface area contributed by atoms with Crippen molar-refractivity contribution in [2.24, 2.45) is 0 Å². The van der Waals surface area contributed by atoms with Crippen LogP contribution in [0.4, 0.5) is 5.69 Å². The normalized spacial score (nSPS) is 10.4. The van der Waals surface area contributed by atoms with Gasteiger partial charge in [0.25, 0.3) is 0 Å². The summed E-state index contributed by atoms with van der Waals surface area (Å²) in [6.45, 7) is 0. The Bertz CT molecular complexity index is 619. The third-order valence-corrected chi connectivity index (χ3v) is 3.89. The monoisotopic (exact) mass is 294 g/mol. The molecule has 6 heteroatoms. The predicted molar refractivity (Wildman–Crippen MR) is 76.6 cm³/mol. The number of aromatic carboxylic acids is 1. The zero-order chi connectivity index (χ0) is 13.8. The summed E-state index contributed by atoms with van der Waals surface area (Å²) in [5, 5.41) is 9.49. The SMILES string of the molecule is Nc1ccc(Cl)c(SCc2cccc(C(=O)O)n2)c1. The summed E-state index contributed by atoms with van der Waals surface area (Å²) in [5.41, 5.74) is 7.06. The molecule has 0 saturated carbocycles. The number of carbonyl (C=O) groups is 1. The van der Waals surface area contributed by atoms with Crippen LogP contribution >= 0.6 is 23.4 Å². The Morgan fingerprint density at radius 3 is 2.89 bits per heavy atom. The number of benzene rings is 1. The van der Waals surface area contributed by atoms with E-state index < -0.39 is 5.97 Å². The second-order valence-corrected chi connectivity index (χ2v) is 5.22. The highest BCUT2D eigenvalue weighted by Gasteiger charge is 2.07. The summed E-state index contributed by atoms with van der Waals surface area (Å²) in [4.78, 5) is 15.7. The highest BCUT2D eigenvalue weighted by Crippen LogP contribution is 2.30. The first-order valence-electron chi connectivity index (χ1n) is 5.43. The minimum Gasteiger partial charge on any atom is -0.477 e. The summed E-state index contributed by atoms with van der Waals surface area (Å²) in [7, 11) is 0. The summed E-state index contributed by atoms with van der Waals surface area (Å²) in [6.07, 6.45) is 0. The molecular formula is C13H11ClN2O2S. The van der Waals surface area contributed by atoms with Gasteiger partial charge in [0.2, 0.25) is 0 Å².